The predicted molar refractivity (Wildman–Crippen MR) is 134 cm³/mol. The molecular formula is C28H35FN2O4. The van der Waals surface area contributed by atoms with Crippen molar-refractivity contribution < 1.29 is 23.5 Å². The molecule has 0 radical (unpaired) electrons. The molecule has 1 aliphatic heterocycles. The molecule has 0 aromatic heterocycles. The van der Waals surface area contributed by atoms with E-state index in [-0.39, 0.29) is 35.8 Å². The molecule has 2 aromatic rings. The van der Waals surface area contributed by atoms with Crippen LogP contribution in [-0.2, 0) is 9.53 Å². The van der Waals surface area contributed by atoms with Gasteiger partial charge >= 0.3 is 6.09 Å². The van der Waals surface area contributed by atoms with Gasteiger partial charge in [0, 0.05) is 31.5 Å². The van der Waals surface area contributed by atoms with E-state index in [9.17, 15) is 18.8 Å². The highest BCUT2D eigenvalue weighted by Gasteiger charge is 2.25. The van der Waals surface area contributed by atoms with Gasteiger partial charge in [0.1, 0.15) is 5.82 Å². The number of amides is 2. The summed E-state index contributed by atoms with van der Waals surface area (Å²) in [6.07, 6.45) is 4.85. The molecule has 2 aromatic carbocycles. The smallest absolute Gasteiger partial charge is 0.409 e. The lowest BCUT2D eigenvalue weighted by atomic mass is 9.89. The Morgan fingerprint density at radius 2 is 1.71 bits per heavy atom. The number of unbranched alkanes of at least 4 members (excludes halogenated alkanes) is 2. The first-order chi connectivity index (χ1) is 17.0. The lowest BCUT2D eigenvalue weighted by Crippen LogP contribution is -2.38. The van der Waals surface area contributed by atoms with Crippen molar-refractivity contribution >= 4 is 23.5 Å². The zero-order valence-corrected chi connectivity index (χ0v) is 20.4. The molecule has 0 saturated carbocycles. The van der Waals surface area contributed by atoms with Crippen molar-refractivity contribution in [3.63, 3.8) is 0 Å². The number of piperidine rings is 1. The van der Waals surface area contributed by atoms with Gasteiger partial charge in [-0.2, -0.15) is 0 Å². The van der Waals surface area contributed by atoms with Gasteiger partial charge in [-0.05, 0) is 55.7 Å². The molecule has 2 amide bonds. The quantitative estimate of drug-likeness (QED) is 0.300. The Morgan fingerprint density at radius 3 is 2.43 bits per heavy atom. The molecule has 1 saturated heterocycles. The summed E-state index contributed by atoms with van der Waals surface area (Å²) in [4.78, 5) is 38.4. The number of rotatable bonds is 11. The van der Waals surface area contributed by atoms with E-state index in [1.165, 1.54) is 6.07 Å². The van der Waals surface area contributed by atoms with Crippen molar-refractivity contribution in [3.8, 4) is 0 Å². The van der Waals surface area contributed by atoms with Gasteiger partial charge in [-0.25, -0.2) is 9.18 Å². The highest BCUT2D eigenvalue weighted by atomic mass is 19.1. The molecule has 0 spiro atoms. The fraction of sp³-hybridized carbons (Fsp3) is 0.464. The number of Topliss-reactive ketones (excluding diaryl/α,β-unsaturated/α-hetero) is 1. The summed E-state index contributed by atoms with van der Waals surface area (Å²) in [6.45, 7) is 3.68. The Morgan fingerprint density at radius 1 is 1.00 bits per heavy atom. The molecule has 0 unspecified atom stereocenters. The van der Waals surface area contributed by atoms with E-state index in [0.717, 1.165) is 31.2 Å². The van der Waals surface area contributed by atoms with Gasteiger partial charge in [0.2, 0.25) is 5.91 Å². The molecule has 1 N–H and O–H groups in total. The van der Waals surface area contributed by atoms with Crippen molar-refractivity contribution in [2.24, 2.45) is 0 Å². The lowest BCUT2D eigenvalue weighted by Gasteiger charge is -2.31. The topological polar surface area (TPSA) is 75.7 Å². The number of ether oxygens (including phenoxy) is 1. The van der Waals surface area contributed by atoms with Crippen LogP contribution in [0.4, 0.5) is 14.9 Å². The van der Waals surface area contributed by atoms with Gasteiger partial charge in [0.05, 0.1) is 12.3 Å². The number of ketones is 1. The molecule has 6 nitrogen and oxygen atoms in total. The van der Waals surface area contributed by atoms with Crippen LogP contribution in [0.2, 0.25) is 0 Å². The zero-order chi connectivity index (χ0) is 25.0. The molecule has 7 heteroatoms. The summed E-state index contributed by atoms with van der Waals surface area (Å²) in [7, 11) is 0. The zero-order valence-electron chi connectivity index (χ0n) is 20.4. The maximum absolute atomic E-state index is 14.4. The van der Waals surface area contributed by atoms with Crippen LogP contribution in [0.5, 0.6) is 0 Å². The summed E-state index contributed by atoms with van der Waals surface area (Å²) >= 11 is 0. The van der Waals surface area contributed by atoms with E-state index in [0.29, 0.717) is 44.5 Å². The lowest BCUT2D eigenvalue weighted by molar-refractivity contribution is -0.116. The second-order valence-electron chi connectivity index (χ2n) is 9.01. The minimum absolute atomic E-state index is 0.0602. The Kier molecular flexibility index (Phi) is 10.3. The number of likely N-dealkylation sites (tertiary alicyclic amines) is 1. The standard InChI is InChI=1S/C28H35FN2O4/c1-2-3-19-35-28(34)31-17-15-21(16-18-31)23-13-14-24(29)25(20-23)30-27(33)12-8-7-11-26(32)22-9-5-4-6-10-22/h4-6,9-10,13-14,20-21H,2-3,7-8,11-12,15-19H2,1H3,(H,30,33). The monoisotopic (exact) mass is 482 g/mol. The molecule has 1 aliphatic rings. The van der Waals surface area contributed by atoms with Crippen LogP contribution in [0.1, 0.15) is 80.1 Å². The second-order valence-corrected chi connectivity index (χ2v) is 9.01. The van der Waals surface area contributed by atoms with E-state index in [1.54, 1.807) is 29.2 Å². The maximum Gasteiger partial charge on any atom is 0.409 e. The minimum atomic E-state index is -0.474. The number of carbonyl (C=O) groups excluding carboxylic acids is 3. The molecule has 3 rings (SSSR count). The summed E-state index contributed by atoms with van der Waals surface area (Å²) in [5.41, 5.74) is 1.80. The Bertz CT molecular complexity index is 988. The second kappa shape index (κ2) is 13.6. The minimum Gasteiger partial charge on any atom is -0.449 e. The molecule has 35 heavy (non-hydrogen) atoms. The Labute approximate surface area is 206 Å². The number of nitrogens with zero attached hydrogens (tertiary/aromatic N) is 1. The molecule has 1 fully saturated rings. The van der Waals surface area contributed by atoms with Crippen LogP contribution in [0.25, 0.3) is 0 Å². The van der Waals surface area contributed by atoms with Crippen LogP contribution < -0.4 is 5.32 Å². The predicted octanol–water partition coefficient (Wildman–Crippen LogP) is 6.32. The fourth-order valence-corrected chi connectivity index (χ4v) is 4.24. The van der Waals surface area contributed by atoms with Crippen LogP contribution >= 0.6 is 0 Å². The average Bonchev–Trinajstić information content (AvgIpc) is 2.88. The van der Waals surface area contributed by atoms with E-state index < -0.39 is 5.82 Å². The number of hydrogen-bond donors (Lipinski definition) is 1. The third-order valence-electron chi connectivity index (χ3n) is 6.37. The van der Waals surface area contributed by atoms with Crippen LogP contribution in [0.15, 0.2) is 48.5 Å². The third-order valence-corrected chi connectivity index (χ3v) is 6.37. The SMILES string of the molecule is CCCCOC(=O)N1CCC(c2ccc(F)c(NC(=O)CCCCC(=O)c3ccccc3)c2)CC1. The number of benzene rings is 2. The molecule has 0 atom stereocenters. The number of hydrogen-bond acceptors (Lipinski definition) is 4. The number of carbonyl (C=O) groups is 3. The van der Waals surface area contributed by atoms with E-state index in [2.05, 4.69) is 5.32 Å². The number of halogens is 1. The van der Waals surface area contributed by atoms with E-state index in [1.807, 2.05) is 25.1 Å². The third kappa shape index (κ3) is 8.19. The summed E-state index contributed by atoms with van der Waals surface area (Å²) in [6, 6.07) is 13.9. The van der Waals surface area contributed by atoms with Crippen molar-refractivity contribution in [1.82, 2.24) is 4.90 Å². The number of anilines is 1. The van der Waals surface area contributed by atoms with Crippen LogP contribution in [-0.4, -0.2) is 42.4 Å². The summed E-state index contributed by atoms with van der Waals surface area (Å²) < 4.78 is 19.7. The molecule has 0 bridgehead atoms. The van der Waals surface area contributed by atoms with Crippen molar-refractivity contribution in [2.75, 3.05) is 25.0 Å². The summed E-state index contributed by atoms with van der Waals surface area (Å²) in [5, 5.41) is 2.68. The largest absolute Gasteiger partial charge is 0.449 e. The highest BCUT2D eigenvalue weighted by Crippen LogP contribution is 2.31. The van der Waals surface area contributed by atoms with Crippen molar-refractivity contribution in [1.29, 1.82) is 0 Å². The van der Waals surface area contributed by atoms with Crippen LogP contribution in [0, 0.1) is 5.82 Å². The Balaban J connectivity index is 1.44. The van der Waals surface area contributed by atoms with Gasteiger partial charge < -0.3 is 15.0 Å². The van der Waals surface area contributed by atoms with Gasteiger partial charge in [-0.1, -0.05) is 49.7 Å². The summed E-state index contributed by atoms with van der Waals surface area (Å²) in [5.74, 6) is -0.490. The van der Waals surface area contributed by atoms with Crippen molar-refractivity contribution in [3.05, 3.63) is 65.5 Å². The molecule has 0 aliphatic carbocycles. The average molecular weight is 483 g/mol. The first-order valence-corrected chi connectivity index (χ1v) is 12.6. The number of nitrogens with one attached hydrogen (secondary N) is 1. The highest BCUT2D eigenvalue weighted by molar-refractivity contribution is 5.96. The van der Waals surface area contributed by atoms with Crippen molar-refractivity contribution in [2.45, 2.75) is 64.2 Å². The normalized spacial score (nSPS) is 13.9. The van der Waals surface area contributed by atoms with Gasteiger partial charge in [-0.3, -0.25) is 9.59 Å². The molecular weight excluding hydrogens is 447 g/mol. The first kappa shape index (κ1) is 26.4. The first-order valence-electron chi connectivity index (χ1n) is 12.6. The fourth-order valence-electron chi connectivity index (χ4n) is 4.24. The Hall–Kier alpha value is -3.22. The van der Waals surface area contributed by atoms with Gasteiger partial charge in [0.15, 0.2) is 5.78 Å². The van der Waals surface area contributed by atoms with Gasteiger partial charge in [-0.15, -0.1) is 0 Å². The van der Waals surface area contributed by atoms with E-state index in [4.69, 9.17) is 4.74 Å². The molecule has 1 heterocycles. The van der Waals surface area contributed by atoms with Crippen LogP contribution in [0.3, 0.4) is 0 Å². The van der Waals surface area contributed by atoms with E-state index >= 15 is 0 Å². The maximum atomic E-state index is 14.4. The van der Waals surface area contributed by atoms with Gasteiger partial charge in [0.25, 0.3) is 0 Å². The molecule has 188 valence electrons.